The molecule has 144 valence electrons. The van der Waals surface area contributed by atoms with Crippen LogP contribution in [0.15, 0.2) is 60.7 Å². The van der Waals surface area contributed by atoms with Gasteiger partial charge in [0.1, 0.15) is 0 Å². The minimum Gasteiger partial charge on any atom is -0.390 e. The Balaban J connectivity index is 1.29. The molecule has 1 amide bonds. The molecular weight excluding hydrogens is 346 g/mol. The molecule has 2 aromatic carbocycles. The van der Waals surface area contributed by atoms with Crippen molar-refractivity contribution in [1.29, 1.82) is 0 Å². The molecule has 0 aromatic heterocycles. The van der Waals surface area contributed by atoms with Crippen LogP contribution in [0.25, 0.3) is 6.08 Å². The number of rotatable bonds is 4. The predicted octanol–water partition coefficient (Wildman–Crippen LogP) is 4.92. The van der Waals surface area contributed by atoms with Gasteiger partial charge in [0.2, 0.25) is 5.91 Å². The third-order valence-corrected chi connectivity index (χ3v) is 7.02. The second-order valence-corrected chi connectivity index (χ2v) is 9.28. The third kappa shape index (κ3) is 3.29. The molecule has 2 unspecified atom stereocenters. The molecule has 4 aliphatic carbocycles. The van der Waals surface area contributed by atoms with Gasteiger partial charge < -0.3 is 10.4 Å². The number of benzene rings is 2. The summed E-state index contributed by atoms with van der Waals surface area (Å²) in [6.45, 7) is 0. The van der Waals surface area contributed by atoms with Crippen LogP contribution in [-0.4, -0.2) is 16.6 Å². The summed E-state index contributed by atoms with van der Waals surface area (Å²) >= 11 is 0. The first-order valence-corrected chi connectivity index (χ1v) is 10.4. The average molecular weight is 373 g/mol. The number of aliphatic hydroxyl groups is 1. The number of carbonyl (C=O) groups is 1. The second-order valence-electron chi connectivity index (χ2n) is 9.28. The smallest absolute Gasteiger partial charge is 0.248 e. The molecule has 0 spiro atoms. The molecule has 0 radical (unpaired) electrons. The summed E-state index contributed by atoms with van der Waals surface area (Å²) < 4.78 is 0. The van der Waals surface area contributed by atoms with Crippen molar-refractivity contribution in [3.63, 3.8) is 0 Å². The van der Waals surface area contributed by atoms with Crippen LogP contribution >= 0.6 is 0 Å². The van der Waals surface area contributed by atoms with E-state index in [1.807, 2.05) is 48.5 Å². The van der Waals surface area contributed by atoms with Crippen molar-refractivity contribution in [2.75, 3.05) is 5.32 Å². The lowest BCUT2D eigenvalue weighted by Crippen LogP contribution is -2.57. The largest absolute Gasteiger partial charge is 0.390 e. The first-order valence-electron chi connectivity index (χ1n) is 10.4. The van der Waals surface area contributed by atoms with E-state index >= 15 is 0 Å². The molecule has 3 heteroatoms. The zero-order chi connectivity index (χ0) is 19.2. The quantitative estimate of drug-likeness (QED) is 0.747. The molecule has 4 aliphatic rings. The fraction of sp³-hybridized carbons (Fsp3) is 0.400. The number of carbonyl (C=O) groups excluding carboxylic acids is 1. The number of amides is 1. The predicted molar refractivity (Wildman–Crippen MR) is 112 cm³/mol. The van der Waals surface area contributed by atoms with Gasteiger partial charge in [0.25, 0.3) is 0 Å². The Labute approximate surface area is 166 Å². The van der Waals surface area contributed by atoms with E-state index in [4.69, 9.17) is 0 Å². The fourth-order valence-electron chi connectivity index (χ4n) is 6.38. The van der Waals surface area contributed by atoms with Crippen molar-refractivity contribution in [2.24, 2.45) is 11.8 Å². The van der Waals surface area contributed by atoms with Gasteiger partial charge in [-0.1, -0.05) is 42.5 Å². The summed E-state index contributed by atoms with van der Waals surface area (Å²) in [6, 6.07) is 18.1. The number of hydrogen-bond acceptors (Lipinski definition) is 2. The van der Waals surface area contributed by atoms with E-state index in [-0.39, 0.29) is 11.3 Å². The summed E-state index contributed by atoms with van der Waals surface area (Å²) in [5.74, 6) is 1.23. The van der Waals surface area contributed by atoms with Crippen LogP contribution < -0.4 is 5.32 Å². The maximum absolute atomic E-state index is 12.2. The minimum atomic E-state index is -0.445. The number of hydrogen-bond donors (Lipinski definition) is 2. The Morgan fingerprint density at radius 3 is 2.29 bits per heavy atom. The highest BCUT2D eigenvalue weighted by Crippen LogP contribution is 2.62. The van der Waals surface area contributed by atoms with Gasteiger partial charge in [-0.15, -0.1) is 0 Å². The van der Waals surface area contributed by atoms with Crippen LogP contribution in [0, 0.1) is 11.8 Å². The molecule has 0 saturated heterocycles. The van der Waals surface area contributed by atoms with Crippen molar-refractivity contribution in [2.45, 2.75) is 49.5 Å². The molecule has 6 rings (SSSR count). The Bertz CT molecular complexity index is 886. The van der Waals surface area contributed by atoms with Gasteiger partial charge in [0.15, 0.2) is 0 Å². The normalized spacial score (nSPS) is 33.3. The van der Waals surface area contributed by atoms with Crippen LogP contribution in [0.1, 0.15) is 49.7 Å². The molecule has 4 bridgehead atoms. The third-order valence-electron chi connectivity index (χ3n) is 7.02. The van der Waals surface area contributed by atoms with E-state index in [9.17, 15) is 9.90 Å². The van der Waals surface area contributed by atoms with E-state index in [0.717, 1.165) is 30.5 Å². The van der Waals surface area contributed by atoms with Gasteiger partial charge in [-0.25, -0.2) is 0 Å². The van der Waals surface area contributed by atoms with E-state index < -0.39 is 5.60 Å². The highest BCUT2D eigenvalue weighted by molar-refractivity contribution is 6.01. The van der Waals surface area contributed by atoms with Gasteiger partial charge in [-0.05, 0) is 85.1 Å². The highest BCUT2D eigenvalue weighted by Gasteiger charge is 2.57. The summed E-state index contributed by atoms with van der Waals surface area (Å²) in [4.78, 5) is 12.2. The van der Waals surface area contributed by atoms with Crippen molar-refractivity contribution in [1.82, 2.24) is 0 Å². The van der Waals surface area contributed by atoms with Gasteiger partial charge in [-0.3, -0.25) is 4.79 Å². The first kappa shape index (κ1) is 17.7. The summed E-state index contributed by atoms with van der Waals surface area (Å²) in [6.07, 6.45) is 9.98. The van der Waals surface area contributed by atoms with E-state index in [0.29, 0.717) is 11.8 Å². The number of nitrogens with one attached hydrogen (secondary N) is 1. The van der Waals surface area contributed by atoms with E-state index in [2.05, 4.69) is 17.4 Å². The van der Waals surface area contributed by atoms with E-state index in [1.54, 1.807) is 6.08 Å². The van der Waals surface area contributed by atoms with Gasteiger partial charge >= 0.3 is 0 Å². The van der Waals surface area contributed by atoms with Crippen LogP contribution in [0.3, 0.4) is 0 Å². The summed E-state index contributed by atoms with van der Waals surface area (Å²) in [5, 5.41) is 13.9. The van der Waals surface area contributed by atoms with Gasteiger partial charge in [0.05, 0.1) is 5.60 Å². The second kappa shape index (κ2) is 6.59. The molecule has 4 fully saturated rings. The standard InChI is InChI=1S/C25H27NO2/c27-23(11-6-18-4-2-1-3-5-18)26-22-9-7-21(8-10-22)24-13-19-12-20(14-24)16-25(28,15-19)17-24/h1-11,19-20,28H,12-17H2,(H,26,27)/b11-6+/t19-,20+,24?,25?. The van der Waals surface area contributed by atoms with Crippen molar-refractivity contribution >= 4 is 17.7 Å². The SMILES string of the molecule is O=C(/C=C/c1ccccc1)Nc1ccc(C23C[C@@H]4C[C@@H](CC(O)(C4)C2)C3)cc1. The Morgan fingerprint density at radius 2 is 1.64 bits per heavy atom. The Morgan fingerprint density at radius 1 is 0.964 bits per heavy atom. The van der Waals surface area contributed by atoms with Crippen LogP contribution in [0.5, 0.6) is 0 Å². The topological polar surface area (TPSA) is 49.3 Å². The maximum Gasteiger partial charge on any atom is 0.248 e. The minimum absolute atomic E-state index is 0.124. The monoisotopic (exact) mass is 373 g/mol. The van der Waals surface area contributed by atoms with Gasteiger partial charge in [-0.2, -0.15) is 0 Å². The lowest BCUT2D eigenvalue weighted by Gasteiger charge is -2.60. The molecule has 3 nitrogen and oxygen atoms in total. The lowest BCUT2D eigenvalue weighted by atomic mass is 9.46. The lowest BCUT2D eigenvalue weighted by molar-refractivity contribution is -0.137. The zero-order valence-corrected chi connectivity index (χ0v) is 16.1. The van der Waals surface area contributed by atoms with Crippen LogP contribution in [-0.2, 0) is 10.2 Å². The summed E-state index contributed by atoms with van der Waals surface area (Å²) in [7, 11) is 0. The Kier molecular flexibility index (Phi) is 4.17. The number of anilines is 1. The first-order chi connectivity index (χ1) is 13.5. The molecule has 2 N–H and O–H groups in total. The van der Waals surface area contributed by atoms with Crippen molar-refractivity contribution in [3.8, 4) is 0 Å². The molecule has 0 aliphatic heterocycles. The van der Waals surface area contributed by atoms with Crippen LogP contribution in [0.2, 0.25) is 0 Å². The molecule has 4 saturated carbocycles. The molecular formula is C25H27NO2. The van der Waals surface area contributed by atoms with Crippen LogP contribution in [0.4, 0.5) is 5.69 Å². The van der Waals surface area contributed by atoms with E-state index in [1.165, 1.54) is 24.8 Å². The zero-order valence-electron chi connectivity index (χ0n) is 16.1. The molecule has 0 heterocycles. The Hall–Kier alpha value is -2.39. The summed E-state index contributed by atoms with van der Waals surface area (Å²) in [5.41, 5.74) is 2.84. The molecule has 4 atom stereocenters. The average Bonchev–Trinajstić information content (AvgIpc) is 2.66. The van der Waals surface area contributed by atoms with Crippen molar-refractivity contribution < 1.29 is 9.90 Å². The molecule has 2 aromatic rings. The van der Waals surface area contributed by atoms with Crippen molar-refractivity contribution in [3.05, 3.63) is 71.8 Å². The molecule has 28 heavy (non-hydrogen) atoms. The highest BCUT2D eigenvalue weighted by atomic mass is 16.3. The fourth-order valence-corrected chi connectivity index (χ4v) is 6.38. The maximum atomic E-state index is 12.2. The van der Waals surface area contributed by atoms with Gasteiger partial charge in [0, 0.05) is 11.8 Å².